The van der Waals surface area contributed by atoms with Gasteiger partial charge in [-0.15, -0.1) is 5.10 Å². The Morgan fingerprint density at radius 1 is 1.39 bits per heavy atom. The van der Waals surface area contributed by atoms with E-state index in [-0.39, 0.29) is 0 Å². The number of nitriles is 1. The Hall–Kier alpha value is -1.67. The van der Waals surface area contributed by atoms with Gasteiger partial charge in [0, 0.05) is 19.6 Å². The predicted octanol–water partition coefficient (Wildman–Crippen LogP) is 1.15. The summed E-state index contributed by atoms with van der Waals surface area (Å²) in [4.78, 5) is 2.09. The molecule has 2 rings (SSSR count). The van der Waals surface area contributed by atoms with Crippen molar-refractivity contribution in [3.8, 4) is 6.07 Å². The van der Waals surface area contributed by atoms with Crippen molar-refractivity contribution in [3.05, 3.63) is 16.8 Å². The van der Waals surface area contributed by atoms with Crippen LogP contribution in [0.1, 0.15) is 29.7 Å². The monoisotopic (exact) mass is 245 g/mol. The molecular formula is C13H19N5. The average molecular weight is 245 g/mol. The molecule has 2 heterocycles. The molecule has 18 heavy (non-hydrogen) atoms. The summed E-state index contributed by atoms with van der Waals surface area (Å²) in [6, 6.07) is 2.65. The minimum absolute atomic E-state index is 0.391. The molecule has 0 bridgehead atoms. The minimum Gasteiger partial charge on any atom is -0.353 e. The molecular weight excluding hydrogens is 226 g/mol. The molecule has 1 saturated heterocycles. The fourth-order valence-corrected chi connectivity index (χ4v) is 2.31. The van der Waals surface area contributed by atoms with E-state index in [9.17, 15) is 5.26 Å². The molecule has 0 aliphatic carbocycles. The third-order valence-electron chi connectivity index (χ3n) is 3.70. The summed E-state index contributed by atoms with van der Waals surface area (Å²) >= 11 is 0. The first-order chi connectivity index (χ1) is 8.65. The number of hydrogen-bond acceptors (Lipinski definition) is 5. The zero-order valence-corrected chi connectivity index (χ0v) is 11.2. The van der Waals surface area contributed by atoms with Crippen LogP contribution in [0, 0.1) is 25.2 Å². The predicted molar refractivity (Wildman–Crippen MR) is 70.5 cm³/mol. The number of rotatable bonds is 2. The second-order valence-corrected chi connectivity index (χ2v) is 4.83. The lowest BCUT2D eigenvalue weighted by atomic mass is 10.0. The molecule has 5 nitrogen and oxygen atoms in total. The summed E-state index contributed by atoms with van der Waals surface area (Å²) in [6.45, 7) is 5.83. The van der Waals surface area contributed by atoms with Crippen molar-refractivity contribution in [2.45, 2.75) is 32.7 Å². The highest BCUT2D eigenvalue weighted by Gasteiger charge is 2.22. The third kappa shape index (κ3) is 2.29. The molecule has 1 N–H and O–H groups in total. The van der Waals surface area contributed by atoms with Crippen LogP contribution in [0.15, 0.2) is 0 Å². The van der Waals surface area contributed by atoms with Crippen molar-refractivity contribution in [2.24, 2.45) is 0 Å². The van der Waals surface area contributed by atoms with Crippen molar-refractivity contribution in [3.63, 3.8) is 0 Å². The first-order valence-electron chi connectivity index (χ1n) is 6.32. The number of nitrogens with zero attached hydrogens (tertiary/aromatic N) is 4. The van der Waals surface area contributed by atoms with Crippen LogP contribution in [0.5, 0.6) is 0 Å². The minimum atomic E-state index is 0.391. The van der Waals surface area contributed by atoms with Crippen LogP contribution in [0.25, 0.3) is 0 Å². The summed E-state index contributed by atoms with van der Waals surface area (Å²) in [7, 11) is 2.00. The molecule has 1 aliphatic heterocycles. The number of hydrogen-bond donors (Lipinski definition) is 1. The Bertz CT molecular complexity index is 471. The number of nitrogens with one attached hydrogen (secondary N) is 1. The molecule has 1 aromatic rings. The van der Waals surface area contributed by atoms with Crippen molar-refractivity contribution in [1.82, 2.24) is 15.5 Å². The van der Waals surface area contributed by atoms with Gasteiger partial charge >= 0.3 is 0 Å². The maximum absolute atomic E-state index is 9.31. The summed E-state index contributed by atoms with van der Waals surface area (Å²) in [6.07, 6.45) is 2.29. The first-order valence-corrected chi connectivity index (χ1v) is 6.32. The summed E-state index contributed by atoms with van der Waals surface area (Å²) < 4.78 is 0. The van der Waals surface area contributed by atoms with Crippen molar-refractivity contribution >= 4 is 5.82 Å². The molecule has 0 aromatic carbocycles. The zero-order valence-electron chi connectivity index (χ0n) is 11.2. The molecule has 1 aliphatic rings. The number of anilines is 1. The largest absolute Gasteiger partial charge is 0.353 e. The van der Waals surface area contributed by atoms with E-state index in [1.54, 1.807) is 0 Å². The quantitative estimate of drug-likeness (QED) is 0.847. The fraction of sp³-hybridized carbons (Fsp3) is 0.615. The topological polar surface area (TPSA) is 64.8 Å². The third-order valence-corrected chi connectivity index (χ3v) is 3.70. The van der Waals surface area contributed by atoms with E-state index in [4.69, 9.17) is 0 Å². The molecule has 96 valence electrons. The van der Waals surface area contributed by atoms with Crippen molar-refractivity contribution in [1.29, 1.82) is 5.26 Å². The van der Waals surface area contributed by atoms with Gasteiger partial charge in [0.2, 0.25) is 0 Å². The van der Waals surface area contributed by atoms with Gasteiger partial charge in [-0.1, -0.05) is 0 Å². The molecule has 0 radical (unpaired) electrons. The summed E-state index contributed by atoms with van der Waals surface area (Å²) in [5.74, 6) is 0.703. The van der Waals surface area contributed by atoms with Crippen LogP contribution >= 0.6 is 0 Å². The van der Waals surface area contributed by atoms with Gasteiger partial charge in [-0.25, -0.2) is 0 Å². The molecule has 0 amide bonds. The zero-order chi connectivity index (χ0) is 13.1. The number of aryl methyl sites for hydroxylation is 1. The number of likely N-dealkylation sites (N-methyl/N-ethyl adjacent to an activating group) is 1. The molecule has 0 spiro atoms. The van der Waals surface area contributed by atoms with Gasteiger partial charge in [0.1, 0.15) is 11.6 Å². The van der Waals surface area contributed by atoms with E-state index in [2.05, 4.69) is 26.5 Å². The Morgan fingerprint density at radius 2 is 2.17 bits per heavy atom. The van der Waals surface area contributed by atoms with Gasteiger partial charge in [0.15, 0.2) is 5.82 Å². The van der Waals surface area contributed by atoms with Crippen molar-refractivity contribution < 1.29 is 0 Å². The van der Waals surface area contributed by atoms with E-state index < -0.39 is 0 Å². The Kier molecular flexibility index (Phi) is 3.78. The second-order valence-electron chi connectivity index (χ2n) is 4.83. The molecule has 1 aromatic heterocycles. The molecule has 1 unspecified atom stereocenters. The van der Waals surface area contributed by atoms with E-state index in [0.29, 0.717) is 17.4 Å². The average Bonchev–Trinajstić information content (AvgIpc) is 2.42. The van der Waals surface area contributed by atoms with Crippen LogP contribution < -0.4 is 10.2 Å². The Morgan fingerprint density at radius 3 is 2.78 bits per heavy atom. The molecule has 1 fully saturated rings. The van der Waals surface area contributed by atoms with Crippen molar-refractivity contribution in [2.75, 3.05) is 25.0 Å². The van der Waals surface area contributed by atoms with Gasteiger partial charge in [0.25, 0.3) is 0 Å². The smallest absolute Gasteiger partial charge is 0.169 e. The summed E-state index contributed by atoms with van der Waals surface area (Å²) in [5.41, 5.74) is 2.40. The van der Waals surface area contributed by atoms with E-state index in [1.807, 2.05) is 20.9 Å². The van der Waals surface area contributed by atoms with Gasteiger partial charge < -0.3 is 10.2 Å². The highest BCUT2D eigenvalue weighted by molar-refractivity contribution is 5.57. The van der Waals surface area contributed by atoms with Gasteiger partial charge in [-0.3, -0.25) is 0 Å². The highest BCUT2D eigenvalue weighted by atomic mass is 15.3. The molecule has 0 saturated carbocycles. The normalized spacial score (nSPS) is 19.3. The second kappa shape index (κ2) is 5.32. The SMILES string of the molecule is Cc1nnc(N(C)C2CCCNC2)c(C#N)c1C. The molecule has 5 heteroatoms. The van der Waals surface area contributed by atoms with Crippen LogP contribution in [0.4, 0.5) is 5.82 Å². The Labute approximate surface area is 108 Å². The highest BCUT2D eigenvalue weighted by Crippen LogP contribution is 2.23. The fourth-order valence-electron chi connectivity index (χ4n) is 2.31. The van der Waals surface area contributed by atoms with Crippen LogP contribution in [-0.4, -0.2) is 36.4 Å². The maximum atomic E-state index is 9.31. The lowest BCUT2D eigenvalue weighted by Gasteiger charge is -2.32. The van der Waals surface area contributed by atoms with Crippen LogP contribution in [-0.2, 0) is 0 Å². The van der Waals surface area contributed by atoms with E-state index in [0.717, 1.165) is 37.2 Å². The van der Waals surface area contributed by atoms with Gasteiger partial charge in [-0.2, -0.15) is 10.4 Å². The molecule has 1 atom stereocenters. The van der Waals surface area contributed by atoms with Crippen LogP contribution in [0.2, 0.25) is 0 Å². The first kappa shape index (κ1) is 12.8. The standard InChI is InChI=1S/C13H19N5/c1-9-10(2)16-17-13(12(9)7-14)18(3)11-5-4-6-15-8-11/h11,15H,4-6,8H2,1-3H3. The van der Waals surface area contributed by atoms with Crippen LogP contribution in [0.3, 0.4) is 0 Å². The van der Waals surface area contributed by atoms with E-state index in [1.165, 1.54) is 0 Å². The lowest BCUT2D eigenvalue weighted by Crippen LogP contribution is -2.45. The van der Waals surface area contributed by atoms with E-state index >= 15 is 0 Å². The number of aromatic nitrogens is 2. The van der Waals surface area contributed by atoms with Gasteiger partial charge in [0.05, 0.1) is 5.69 Å². The lowest BCUT2D eigenvalue weighted by molar-refractivity contribution is 0.442. The maximum Gasteiger partial charge on any atom is 0.169 e. The Balaban J connectivity index is 2.32. The number of piperidine rings is 1. The summed E-state index contributed by atoms with van der Waals surface area (Å²) in [5, 5.41) is 21.0. The van der Waals surface area contributed by atoms with Gasteiger partial charge in [-0.05, 0) is 38.8 Å².